The van der Waals surface area contributed by atoms with E-state index in [1.54, 1.807) is 6.07 Å². The average Bonchev–Trinajstić information content (AvgIpc) is 2.15. The number of Topliss-reactive ketones (excluding diaryl/α,β-unsaturated/α-hetero) is 1. The van der Waals surface area contributed by atoms with Crippen molar-refractivity contribution in [3.63, 3.8) is 0 Å². The molecule has 0 saturated heterocycles. The second-order valence-corrected chi connectivity index (χ2v) is 5.05. The van der Waals surface area contributed by atoms with Crippen molar-refractivity contribution in [3.05, 3.63) is 29.3 Å². The fourth-order valence-corrected chi connectivity index (χ4v) is 2.21. The van der Waals surface area contributed by atoms with Crippen molar-refractivity contribution in [2.75, 3.05) is 0 Å². The Morgan fingerprint density at radius 3 is 2.50 bits per heavy atom. The Morgan fingerprint density at radius 1 is 1.44 bits per heavy atom. The van der Waals surface area contributed by atoms with Crippen LogP contribution in [-0.4, -0.2) is 19.3 Å². The molecule has 0 aromatic heterocycles. The molecule has 1 aromatic rings. The Labute approximate surface area is 93.9 Å². The maximum absolute atomic E-state index is 11.2. The predicted octanol–water partition coefficient (Wildman–Crippen LogP) is -0.0422. The summed E-state index contributed by atoms with van der Waals surface area (Å²) >= 11 is 0. The minimum absolute atomic E-state index is 0.0721. The molecule has 0 heterocycles. The Kier molecular flexibility index (Phi) is 3.79. The van der Waals surface area contributed by atoms with Crippen molar-refractivity contribution in [1.82, 2.24) is 0 Å². The second kappa shape index (κ2) is 4.73. The van der Waals surface area contributed by atoms with Gasteiger partial charge in [-0.25, -0.2) is 13.6 Å². The van der Waals surface area contributed by atoms with Gasteiger partial charge in [0.25, 0.3) is 0 Å². The van der Waals surface area contributed by atoms with Crippen LogP contribution in [0.2, 0.25) is 0 Å². The number of hydrogen-bond acceptors (Lipinski definition) is 4. The molecule has 5 nitrogen and oxygen atoms in total. The first-order valence-corrected chi connectivity index (χ1v) is 6.14. The van der Waals surface area contributed by atoms with Crippen molar-refractivity contribution in [3.8, 4) is 0 Å². The number of rotatable bonds is 4. The Balaban J connectivity index is 3.27. The van der Waals surface area contributed by atoms with Gasteiger partial charge in [0.2, 0.25) is 10.0 Å². The van der Waals surface area contributed by atoms with E-state index in [-0.39, 0.29) is 22.7 Å². The molecule has 6 heteroatoms. The lowest BCUT2D eigenvalue weighted by Crippen LogP contribution is -2.15. The fourth-order valence-electron chi connectivity index (χ4n) is 1.39. The molecule has 0 aliphatic carbocycles. The summed E-state index contributed by atoms with van der Waals surface area (Å²) in [5.74, 6) is -0.0721. The molecule has 0 spiro atoms. The highest BCUT2D eigenvalue weighted by molar-refractivity contribution is 7.89. The van der Waals surface area contributed by atoms with E-state index in [4.69, 9.17) is 10.2 Å². The van der Waals surface area contributed by atoms with Gasteiger partial charge in [-0.15, -0.1) is 0 Å². The number of ketones is 1. The third kappa shape index (κ3) is 3.13. The minimum atomic E-state index is -3.88. The maximum Gasteiger partial charge on any atom is 0.238 e. The van der Waals surface area contributed by atoms with Crippen LogP contribution in [0.25, 0.3) is 0 Å². The van der Waals surface area contributed by atoms with Crippen LogP contribution in [0.3, 0.4) is 0 Å². The normalized spacial score (nSPS) is 11.4. The van der Waals surface area contributed by atoms with E-state index < -0.39 is 16.6 Å². The van der Waals surface area contributed by atoms with Crippen molar-refractivity contribution in [1.29, 1.82) is 0 Å². The number of primary sulfonamides is 1. The largest absolute Gasteiger partial charge is 0.392 e. The molecule has 88 valence electrons. The lowest BCUT2D eigenvalue weighted by atomic mass is 10.1. The van der Waals surface area contributed by atoms with Crippen LogP contribution in [0.15, 0.2) is 23.1 Å². The van der Waals surface area contributed by atoms with Crippen LogP contribution in [0.5, 0.6) is 0 Å². The summed E-state index contributed by atoms with van der Waals surface area (Å²) < 4.78 is 22.5. The smallest absolute Gasteiger partial charge is 0.238 e. The summed E-state index contributed by atoms with van der Waals surface area (Å²) in [5.41, 5.74) is 0.795. The molecule has 0 unspecified atom stereocenters. The summed E-state index contributed by atoms with van der Waals surface area (Å²) in [5, 5.41) is 14.0. The van der Waals surface area contributed by atoms with Gasteiger partial charge in [-0.3, -0.25) is 4.79 Å². The molecular formula is C10H13NO4S. The van der Waals surface area contributed by atoms with Gasteiger partial charge in [-0.1, -0.05) is 12.1 Å². The number of hydrogen-bond donors (Lipinski definition) is 2. The topological polar surface area (TPSA) is 97.5 Å². The number of carbonyl (C=O) groups excluding carboxylic acids is 1. The molecule has 3 N–H and O–H groups in total. The lowest BCUT2D eigenvalue weighted by Gasteiger charge is -2.07. The Morgan fingerprint density at radius 2 is 2.06 bits per heavy atom. The van der Waals surface area contributed by atoms with Crippen molar-refractivity contribution >= 4 is 15.8 Å². The zero-order chi connectivity index (χ0) is 12.3. The number of aliphatic hydroxyl groups is 1. The van der Waals surface area contributed by atoms with E-state index in [2.05, 4.69) is 0 Å². The van der Waals surface area contributed by atoms with Crippen LogP contribution >= 0.6 is 0 Å². The molecule has 0 aliphatic rings. The summed E-state index contributed by atoms with van der Waals surface area (Å²) in [6.45, 7) is 1.00. The highest BCUT2D eigenvalue weighted by Gasteiger charge is 2.14. The highest BCUT2D eigenvalue weighted by Crippen LogP contribution is 2.17. The molecule has 0 bridgehead atoms. The third-order valence-corrected chi connectivity index (χ3v) is 3.05. The van der Waals surface area contributed by atoms with E-state index in [0.717, 1.165) is 0 Å². The van der Waals surface area contributed by atoms with Gasteiger partial charge in [0.1, 0.15) is 5.78 Å². The van der Waals surface area contributed by atoms with Crippen LogP contribution in [-0.2, 0) is 27.8 Å². The standard InChI is InChI=1S/C10H13NO4S/c1-7(13)4-8-2-3-9(6-12)10(5-8)16(11,14)15/h2-3,5,12H,4,6H2,1H3,(H2,11,14,15). The maximum atomic E-state index is 11.2. The van der Waals surface area contributed by atoms with Crippen molar-refractivity contribution in [2.45, 2.75) is 24.8 Å². The highest BCUT2D eigenvalue weighted by atomic mass is 32.2. The van der Waals surface area contributed by atoms with Crippen LogP contribution < -0.4 is 5.14 Å². The number of aliphatic hydroxyl groups excluding tert-OH is 1. The molecule has 16 heavy (non-hydrogen) atoms. The first kappa shape index (κ1) is 12.8. The average molecular weight is 243 g/mol. The SMILES string of the molecule is CC(=O)Cc1ccc(CO)c(S(N)(=O)=O)c1. The first-order chi connectivity index (χ1) is 7.34. The molecule has 0 saturated carbocycles. The van der Waals surface area contributed by atoms with E-state index in [1.807, 2.05) is 0 Å². The summed E-state index contributed by atoms with van der Waals surface area (Å²) in [6, 6.07) is 4.38. The molecule has 1 rings (SSSR count). The number of sulfonamides is 1. The first-order valence-electron chi connectivity index (χ1n) is 4.59. The Bertz CT molecular complexity index is 508. The van der Waals surface area contributed by atoms with Gasteiger partial charge < -0.3 is 5.11 Å². The zero-order valence-electron chi connectivity index (χ0n) is 8.80. The number of benzene rings is 1. The summed E-state index contributed by atoms with van der Waals surface area (Å²) in [6.07, 6.45) is 0.147. The molecular weight excluding hydrogens is 230 g/mol. The van der Waals surface area contributed by atoms with Crippen LogP contribution in [0.4, 0.5) is 0 Å². The number of carbonyl (C=O) groups is 1. The van der Waals surface area contributed by atoms with Crippen LogP contribution in [0, 0.1) is 0 Å². The quantitative estimate of drug-likeness (QED) is 0.775. The Hall–Kier alpha value is -1.24. The van der Waals surface area contributed by atoms with Gasteiger partial charge in [-0.05, 0) is 24.1 Å². The van der Waals surface area contributed by atoms with E-state index >= 15 is 0 Å². The monoisotopic (exact) mass is 243 g/mol. The summed E-state index contributed by atoms with van der Waals surface area (Å²) in [7, 11) is -3.88. The van der Waals surface area contributed by atoms with E-state index in [9.17, 15) is 13.2 Å². The minimum Gasteiger partial charge on any atom is -0.392 e. The molecule has 0 fully saturated rings. The second-order valence-electron chi connectivity index (χ2n) is 3.52. The van der Waals surface area contributed by atoms with Crippen molar-refractivity contribution < 1.29 is 18.3 Å². The van der Waals surface area contributed by atoms with Gasteiger partial charge in [-0.2, -0.15) is 0 Å². The zero-order valence-corrected chi connectivity index (χ0v) is 9.62. The molecule has 1 aromatic carbocycles. The molecule has 0 amide bonds. The third-order valence-electron chi connectivity index (χ3n) is 2.06. The molecule has 0 aliphatic heterocycles. The van der Waals surface area contributed by atoms with E-state index in [0.29, 0.717) is 5.56 Å². The van der Waals surface area contributed by atoms with Crippen molar-refractivity contribution in [2.24, 2.45) is 5.14 Å². The molecule has 0 atom stereocenters. The fraction of sp³-hybridized carbons (Fsp3) is 0.300. The van der Waals surface area contributed by atoms with Gasteiger partial charge in [0, 0.05) is 6.42 Å². The predicted molar refractivity (Wildman–Crippen MR) is 58.1 cm³/mol. The number of nitrogens with two attached hydrogens (primary N) is 1. The summed E-state index contributed by atoms with van der Waals surface area (Å²) in [4.78, 5) is 10.8. The molecule has 0 radical (unpaired) electrons. The van der Waals surface area contributed by atoms with Crippen LogP contribution in [0.1, 0.15) is 18.1 Å². The van der Waals surface area contributed by atoms with Gasteiger partial charge in [0.15, 0.2) is 0 Å². The van der Waals surface area contributed by atoms with E-state index in [1.165, 1.54) is 19.1 Å². The van der Waals surface area contributed by atoms with Gasteiger partial charge in [0.05, 0.1) is 11.5 Å². The van der Waals surface area contributed by atoms with Gasteiger partial charge >= 0.3 is 0 Å². The lowest BCUT2D eigenvalue weighted by molar-refractivity contribution is -0.116.